The van der Waals surface area contributed by atoms with Gasteiger partial charge in [-0.15, -0.1) is 0 Å². The highest BCUT2D eigenvalue weighted by atomic mass is 19.1. The number of nitrogens with zero attached hydrogens (tertiary/aromatic N) is 2. The Balaban J connectivity index is 2.23. The van der Waals surface area contributed by atoms with E-state index in [0.717, 1.165) is 12.8 Å². The molecule has 114 valence electrons. The van der Waals surface area contributed by atoms with Gasteiger partial charge >= 0.3 is 0 Å². The molecule has 0 heterocycles. The number of amides is 1. The monoisotopic (exact) mass is 295 g/mol. The molecule has 3 N–H and O–H groups in total. The molecule has 0 atom stereocenters. The molecular formula is C14H18FN3O3. The van der Waals surface area contributed by atoms with Gasteiger partial charge in [0.15, 0.2) is 0 Å². The molecule has 0 unspecified atom stereocenters. The van der Waals surface area contributed by atoms with E-state index >= 15 is 0 Å². The SMILES string of the molecule is COc1cccc(F)c1C(=O)N(CCC(N)=NO)C1CC1. The van der Waals surface area contributed by atoms with Gasteiger partial charge in [0.25, 0.3) is 5.91 Å². The van der Waals surface area contributed by atoms with Crippen LogP contribution in [0.5, 0.6) is 5.75 Å². The zero-order chi connectivity index (χ0) is 15.4. The smallest absolute Gasteiger partial charge is 0.260 e. The number of methoxy groups -OCH3 is 1. The van der Waals surface area contributed by atoms with Crippen LogP contribution < -0.4 is 10.5 Å². The summed E-state index contributed by atoms with van der Waals surface area (Å²) in [6, 6.07) is 4.34. The van der Waals surface area contributed by atoms with Gasteiger partial charge in [-0.3, -0.25) is 4.79 Å². The van der Waals surface area contributed by atoms with Crippen molar-refractivity contribution >= 4 is 11.7 Å². The molecule has 1 aromatic rings. The number of rotatable bonds is 6. The Morgan fingerprint density at radius 1 is 1.57 bits per heavy atom. The van der Waals surface area contributed by atoms with Crippen molar-refractivity contribution in [3.8, 4) is 5.75 Å². The molecule has 0 saturated heterocycles. The first-order valence-corrected chi connectivity index (χ1v) is 6.68. The minimum atomic E-state index is -0.617. The van der Waals surface area contributed by atoms with Gasteiger partial charge in [-0.1, -0.05) is 11.2 Å². The summed E-state index contributed by atoms with van der Waals surface area (Å²) < 4.78 is 19.0. The van der Waals surface area contributed by atoms with E-state index in [2.05, 4.69) is 5.16 Å². The van der Waals surface area contributed by atoms with Gasteiger partial charge in [-0.25, -0.2) is 4.39 Å². The highest BCUT2D eigenvalue weighted by molar-refractivity contribution is 5.97. The first-order valence-electron chi connectivity index (χ1n) is 6.68. The van der Waals surface area contributed by atoms with Gasteiger partial charge < -0.3 is 20.6 Å². The maximum Gasteiger partial charge on any atom is 0.260 e. The predicted octanol–water partition coefficient (Wildman–Crippen LogP) is 1.58. The largest absolute Gasteiger partial charge is 0.496 e. The van der Waals surface area contributed by atoms with Crippen LogP contribution in [0.2, 0.25) is 0 Å². The number of hydrogen-bond acceptors (Lipinski definition) is 4. The van der Waals surface area contributed by atoms with Crippen LogP contribution in [0.15, 0.2) is 23.4 Å². The number of benzene rings is 1. The number of amidine groups is 1. The second-order valence-corrected chi connectivity index (χ2v) is 4.89. The van der Waals surface area contributed by atoms with Crippen LogP contribution in [0.4, 0.5) is 4.39 Å². The second-order valence-electron chi connectivity index (χ2n) is 4.89. The molecule has 1 fully saturated rings. The lowest BCUT2D eigenvalue weighted by Crippen LogP contribution is -2.36. The van der Waals surface area contributed by atoms with E-state index in [-0.39, 0.29) is 36.2 Å². The van der Waals surface area contributed by atoms with Crippen LogP contribution in [-0.4, -0.2) is 41.5 Å². The first-order chi connectivity index (χ1) is 10.1. The van der Waals surface area contributed by atoms with E-state index in [4.69, 9.17) is 15.7 Å². The fourth-order valence-electron chi connectivity index (χ4n) is 2.15. The quantitative estimate of drug-likeness (QED) is 0.361. The van der Waals surface area contributed by atoms with Crippen LogP contribution in [0.1, 0.15) is 29.6 Å². The summed E-state index contributed by atoms with van der Waals surface area (Å²) >= 11 is 0. The molecule has 6 nitrogen and oxygen atoms in total. The van der Waals surface area contributed by atoms with E-state index in [1.54, 1.807) is 11.0 Å². The third kappa shape index (κ3) is 3.42. The summed E-state index contributed by atoms with van der Waals surface area (Å²) in [4.78, 5) is 14.1. The maximum atomic E-state index is 14.0. The Morgan fingerprint density at radius 2 is 2.29 bits per heavy atom. The van der Waals surface area contributed by atoms with Crippen molar-refractivity contribution in [1.29, 1.82) is 0 Å². The van der Waals surface area contributed by atoms with Crippen LogP contribution in [0.3, 0.4) is 0 Å². The molecule has 1 saturated carbocycles. The summed E-state index contributed by atoms with van der Waals surface area (Å²) in [6.07, 6.45) is 1.98. The Morgan fingerprint density at radius 3 is 2.86 bits per heavy atom. The number of ether oxygens (including phenoxy) is 1. The maximum absolute atomic E-state index is 14.0. The predicted molar refractivity (Wildman–Crippen MR) is 75.0 cm³/mol. The van der Waals surface area contributed by atoms with Gasteiger partial charge in [-0.2, -0.15) is 0 Å². The molecule has 1 aromatic carbocycles. The minimum absolute atomic E-state index is 0.0361. The molecule has 1 aliphatic rings. The Bertz CT molecular complexity index is 558. The Labute approximate surface area is 122 Å². The average molecular weight is 295 g/mol. The van der Waals surface area contributed by atoms with Gasteiger partial charge in [0.05, 0.1) is 7.11 Å². The number of halogens is 1. The van der Waals surface area contributed by atoms with Gasteiger partial charge in [0, 0.05) is 19.0 Å². The average Bonchev–Trinajstić information content (AvgIpc) is 3.31. The summed E-state index contributed by atoms with van der Waals surface area (Å²) in [5.74, 6) is -0.810. The fraction of sp³-hybridized carbons (Fsp3) is 0.429. The van der Waals surface area contributed by atoms with Crippen molar-refractivity contribution in [3.63, 3.8) is 0 Å². The molecule has 7 heteroatoms. The minimum Gasteiger partial charge on any atom is -0.496 e. The molecule has 0 spiro atoms. The van der Waals surface area contributed by atoms with E-state index in [0.29, 0.717) is 0 Å². The normalized spacial score (nSPS) is 14.9. The van der Waals surface area contributed by atoms with E-state index in [1.165, 1.54) is 19.2 Å². The van der Waals surface area contributed by atoms with Crippen molar-refractivity contribution in [3.05, 3.63) is 29.6 Å². The molecule has 1 amide bonds. The Hall–Kier alpha value is -2.31. The standard InChI is InChI=1S/C14H18FN3O3/c1-21-11-4-2-3-10(15)13(11)14(19)18(9-5-6-9)8-7-12(16)17-20/h2-4,9,20H,5-8H2,1H3,(H2,16,17). The van der Waals surface area contributed by atoms with Crippen LogP contribution >= 0.6 is 0 Å². The third-order valence-electron chi connectivity index (χ3n) is 3.39. The molecule has 0 bridgehead atoms. The van der Waals surface area contributed by atoms with Crippen LogP contribution in [0.25, 0.3) is 0 Å². The zero-order valence-corrected chi connectivity index (χ0v) is 11.8. The van der Waals surface area contributed by atoms with Gasteiger partial charge in [0.1, 0.15) is 23.0 Å². The summed E-state index contributed by atoms with van der Waals surface area (Å²) in [6.45, 7) is 0.275. The Kier molecular flexibility index (Phi) is 4.62. The van der Waals surface area contributed by atoms with Crippen LogP contribution in [0, 0.1) is 5.82 Å². The lowest BCUT2D eigenvalue weighted by Gasteiger charge is -2.23. The van der Waals surface area contributed by atoms with E-state index in [1.807, 2.05) is 0 Å². The van der Waals surface area contributed by atoms with Crippen molar-refractivity contribution in [2.75, 3.05) is 13.7 Å². The summed E-state index contributed by atoms with van der Waals surface area (Å²) in [7, 11) is 1.39. The zero-order valence-electron chi connectivity index (χ0n) is 11.8. The molecular weight excluding hydrogens is 277 g/mol. The topological polar surface area (TPSA) is 88.2 Å². The van der Waals surface area contributed by atoms with E-state index < -0.39 is 11.7 Å². The van der Waals surface area contributed by atoms with Crippen molar-refractivity contribution in [2.45, 2.75) is 25.3 Å². The van der Waals surface area contributed by atoms with Crippen molar-refractivity contribution in [2.24, 2.45) is 10.9 Å². The van der Waals surface area contributed by atoms with Crippen molar-refractivity contribution < 1.29 is 19.1 Å². The summed E-state index contributed by atoms with van der Waals surface area (Å²) in [5.41, 5.74) is 5.35. The van der Waals surface area contributed by atoms with Crippen molar-refractivity contribution in [1.82, 2.24) is 4.90 Å². The summed E-state index contributed by atoms with van der Waals surface area (Å²) in [5, 5.41) is 11.4. The molecule has 21 heavy (non-hydrogen) atoms. The fourth-order valence-corrected chi connectivity index (χ4v) is 2.15. The number of oxime groups is 1. The molecule has 2 rings (SSSR count). The number of hydrogen-bond donors (Lipinski definition) is 2. The molecule has 0 radical (unpaired) electrons. The lowest BCUT2D eigenvalue weighted by atomic mass is 10.1. The van der Waals surface area contributed by atoms with Gasteiger partial charge in [-0.05, 0) is 25.0 Å². The van der Waals surface area contributed by atoms with E-state index in [9.17, 15) is 9.18 Å². The highest BCUT2D eigenvalue weighted by Gasteiger charge is 2.35. The highest BCUT2D eigenvalue weighted by Crippen LogP contribution is 2.31. The second kappa shape index (κ2) is 6.43. The molecule has 0 aromatic heterocycles. The molecule has 1 aliphatic carbocycles. The number of carbonyl (C=O) groups is 1. The van der Waals surface area contributed by atoms with Gasteiger partial charge in [0.2, 0.25) is 0 Å². The third-order valence-corrected chi connectivity index (χ3v) is 3.39. The number of nitrogens with two attached hydrogens (primary N) is 1. The lowest BCUT2D eigenvalue weighted by molar-refractivity contribution is 0.0739. The first kappa shape index (κ1) is 15.1. The number of carbonyl (C=O) groups excluding carboxylic acids is 1. The van der Waals surface area contributed by atoms with Crippen LogP contribution in [-0.2, 0) is 0 Å². The molecule has 0 aliphatic heterocycles.